The molecule has 98 valence electrons. The molecular weight excluding hydrogens is 238 g/mol. The largest absolute Gasteiger partial charge is 0.343 e. The van der Waals surface area contributed by atoms with E-state index in [1.54, 1.807) is 0 Å². The maximum atomic E-state index is 12.1. The van der Waals surface area contributed by atoms with Gasteiger partial charge in [0, 0.05) is 19.5 Å². The Bertz CT molecular complexity index is 392. The number of nitrogens with zero attached hydrogens (tertiary/aromatic N) is 1. The van der Waals surface area contributed by atoms with E-state index in [2.05, 4.69) is 30.1 Å². The maximum Gasteiger partial charge on any atom is 0.222 e. The van der Waals surface area contributed by atoms with Crippen LogP contribution >= 0.6 is 0 Å². The summed E-state index contributed by atoms with van der Waals surface area (Å²) in [4.78, 5) is 14.2. The first-order chi connectivity index (χ1) is 8.57. The minimum absolute atomic E-state index is 0.336. The number of benzene rings is 1. The second-order valence-electron chi connectivity index (χ2n) is 6.03. The van der Waals surface area contributed by atoms with Gasteiger partial charge in [-0.3, -0.25) is 4.79 Å². The van der Waals surface area contributed by atoms with Crippen molar-refractivity contribution in [2.24, 2.45) is 0 Å². The molecule has 0 bridgehead atoms. The number of aryl methyl sites for hydroxylation is 1. The predicted octanol–water partition coefficient (Wildman–Crippen LogP) is 3.17. The Morgan fingerprint density at radius 2 is 1.78 bits per heavy atom. The third kappa shape index (κ3) is 3.70. The van der Waals surface area contributed by atoms with Crippen molar-refractivity contribution in [3.63, 3.8) is 0 Å². The molecule has 0 aromatic heterocycles. The molecule has 0 radical (unpaired) electrons. The summed E-state index contributed by atoms with van der Waals surface area (Å²) in [6.45, 7) is 6.84. The summed E-state index contributed by atoms with van der Waals surface area (Å²) in [7, 11) is -0.959. The van der Waals surface area contributed by atoms with Gasteiger partial charge >= 0.3 is 0 Å². The Balaban J connectivity index is 1.79. The fourth-order valence-corrected chi connectivity index (χ4v) is 4.42. The lowest BCUT2D eigenvalue weighted by atomic mass is 10.1. The SMILES string of the molecule is C[Si]1(C)CCN(C(=O)CCc2ccccc2)CC1. The fraction of sp³-hybridized carbons (Fsp3) is 0.533. The van der Waals surface area contributed by atoms with E-state index in [-0.39, 0.29) is 0 Å². The van der Waals surface area contributed by atoms with Gasteiger partial charge in [-0.2, -0.15) is 0 Å². The minimum atomic E-state index is -0.959. The summed E-state index contributed by atoms with van der Waals surface area (Å²) >= 11 is 0. The summed E-state index contributed by atoms with van der Waals surface area (Å²) < 4.78 is 0. The van der Waals surface area contributed by atoms with Crippen LogP contribution in [0.5, 0.6) is 0 Å². The lowest BCUT2D eigenvalue weighted by molar-refractivity contribution is -0.130. The Morgan fingerprint density at radius 1 is 1.17 bits per heavy atom. The highest BCUT2D eigenvalue weighted by Crippen LogP contribution is 2.22. The molecule has 1 heterocycles. The zero-order valence-electron chi connectivity index (χ0n) is 11.5. The first-order valence-corrected chi connectivity index (χ1v) is 10.3. The van der Waals surface area contributed by atoms with E-state index in [0.29, 0.717) is 12.3 Å². The molecule has 0 unspecified atom stereocenters. The second-order valence-corrected chi connectivity index (χ2v) is 11.4. The van der Waals surface area contributed by atoms with Gasteiger partial charge in [0.15, 0.2) is 0 Å². The van der Waals surface area contributed by atoms with Crippen molar-refractivity contribution in [1.29, 1.82) is 0 Å². The molecule has 2 rings (SSSR count). The first-order valence-electron chi connectivity index (χ1n) is 6.89. The minimum Gasteiger partial charge on any atom is -0.343 e. The molecule has 18 heavy (non-hydrogen) atoms. The molecule has 0 saturated carbocycles. The molecule has 1 amide bonds. The van der Waals surface area contributed by atoms with Crippen molar-refractivity contribution in [3.8, 4) is 0 Å². The van der Waals surface area contributed by atoms with E-state index in [1.807, 2.05) is 18.2 Å². The molecule has 0 aliphatic carbocycles. The van der Waals surface area contributed by atoms with Gasteiger partial charge in [-0.25, -0.2) is 0 Å². The zero-order valence-corrected chi connectivity index (χ0v) is 12.5. The van der Waals surface area contributed by atoms with E-state index in [1.165, 1.54) is 17.7 Å². The van der Waals surface area contributed by atoms with Crippen molar-refractivity contribution in [3.05, 3.63) is 35.9 Å². The average Bonchev–Trinajstić information content (AvgIpc) is 2.37. The van der Waals surface area contributed by atoms with Gasteiger partial charge in [-0.1, -0.05) is 43.4 Å². The molecule has 1 aliphatic rings. The molecule has 1 saturated heterocycles. The topological polar surface area (TPSA) is 20.3 Å². The zero-order chi connectivity index (χ0) is 13.0. The third-order valence-corrected chi connectivity index (χ3v) is 7.09. The van der Waals surface area contributed by atoms with Crippen LogP contribution in [0.1, 0.15) is 12.0 Å². The number of carbonyl (C=O) groups is 1. The quantitative estimate of drug-likeness (QED) is 0.765. The molecule has 1 aromatic rings. The maximum absolute atomic E-state index is 12.1. The van der Waals surface area contributed by atoms with E-state index >= 15 is 0 Å². The fourth-order valence-electron chi connectivity index (χ4n) is 2.42. The summed E-state index contributed by atoms with van der Waals surface area (Å²) in [6, 6.07) is 12.8. The monoisotopic (exact) mass is 261 g/mol. The van der Waals surface area contributed by atoms with Crippen LogP contribution in [0.3, 0.4) is 0 Å². The second kappa shape index (κ2) is 5.70. The summed E-state index contributed by atoms with van der Waals surface area (Å²) in [5.74, 6) is 0.336. The van der Waals surface area contributed by atoms with Crippen LogP contribution in [-0.4, -0.2) is 32.0 Å². The Kier molecular flexibility index (Phi) is 4.22. The van der Waals surface area contributed by atoms with Crippen molar-refractivity contribution >= 4 is 14.0 Å². The van der Waals surface area contributed by atoms with Crippen molar-refractivity contribution in [2.45, 2.75) is 38.0 Å². The molecule has 1 aromatic carbocycles. The number of rotatable bonds is 3. The van der Waals surface area contributed by atoms with Crippen molar-refractivity contribution < 1.29 is 4.79 Å². The molecule has 1 aliphatic heterocycles. The number of carbonyl (C=O) groups excluding carboxylic acids is 1. The Morgan fingerprint density at radius 3 is 2.39 bits per heavy atom. The molecule has 0 atom stereocenters. The van der Waals surface area contributed by atoms with Crippen LogP contribution in [0.25, 0.3) is 0 Å². The average molecular weight is 261 g/mol. The van der Waals surface area contributed by atoms with Crippen molar-refractivity contribution in [2.75, 3.05) is 13.1 Å². The van der Waals surface area contributed by atoms with Gasteiger partial charge in [-0.15, -0.1) is 0 Å². The highest BCUT2D eigenvalue weighted by Gasteiger charge is 2.28. The van der Waals surface area contributed by atoms with E-state index in [9.17, 15) is 4.79 Å². The highest BCUT2D eigenvalue weighted by atomic mass is 28.3. The van der Waals surface area contributed by atoms with Crippen molar-refractivity contribution in [1.82, 2.24) is 4.90 Å². The third-order valence-electron chi connectivity index (χ3n) is 3.94. The molecule has 0 N–H and O–H groups in total. The number of amides is 1. The standard InChI is InChI=1S/C15H23NOSi/c1-18(2)12-10-16(11-13-18)15(17)9-8-14-6-4-3-5-7-14/h3-7H,8-13H2,1-2H3. The Labute approximate surface area is 111 Å². The highest BCUT2D eigenvalue weighted by molar-refractivity contribution is 6.77. The lowest BCUT2D eigenvalue weighted by Gasteiger charge is -2.35. The smallest absolute Gasteiger partial charge is 0.222 e. The number of hydrogen-bond acceptors (Lipinski definition) is 1. The summed E-state index contributed by atoms with van der Waals surface area (Å²) in [6.07, 6.45) is 1.53. The van der Waals surface area contributed by atoms with Crippen LogP contribution in [0.4, 0.5) is 0 Å². The number of hydrogen-bond donors (Lipinski definition) is 0. The van der Waals surface area contributed by atoms with Crippen LogP contribution in [0.15, 0.2) is 30.3 Å². The summed E-state index contributed by atoms with van der Waals surface area (Å²) in [5.41, 5.74) is 1.26. The van der Waals surface area contributed by atoms with Crippen LogP contribution in [0, 0.1) is 0 Å². The van der Waals surface area contributed by atoms with Crippen LogP contribution in [-0.2, 0) is 11.2 Å². The summed E-state index contributed by atoms with van der Waals surface area (Å²) in [5, 5.41) is 0. The van der Waals surface area contributed by atoms with Crippen LogP contribution in [0.2, 0.25) is 25.2 Å². The van der Waals surface area contributed by atoms with Gasteiger partial charge in [0.05, 0.1) is 8.07 Å². The van der Waals surface area contributed by atoms with Gasteiger partial charge in [0.1, 0.15) is 0 Å². The molecule has 2 nitrogen and oxygen atoms in total. The van der Waals surface area contributed by atoms with Gasteiger partial charge < -0.3 is 4.90 Å². The van der Waals surface area contributed by atoms with E-state index in [0.717, 1.165) is 19.5 Å². The van der Waals surface area contributed by atoms with Crippen LogP contribution < -0.4 is 0 Å². The molecular formula is C15H23NOSi. The van der Waals surface area contributed by atoms with E-state index in [4.69, 9.17) is 0 Å². The predicted molar refractivity (Wildman–Crippen MR) is 78.4 cm³/mol. The van der Waals surface area contributed by atoms with Gasteiger partial charge in [0.2, 0.25) is 5.91 Å². The van der Waals surface area contributed by atoms with Gasteiger partial charge in [-0.05, 0) is 24.1 Å². The molecule has 1 fully saturated rings. The normalized spacial score (nSPS) is 18.7. The van der Waals surface area contributed by atoms with Gasteiger partial charge in [0.25, 0.3) is 0 Å². The molecule has 3 heteroatoms. The molecule has 0 spiro atoms. The van der Waals surface area contributed by atoms with E-state index < -0.39 is 8.07 Å². The lowest BCUT2D eigenvalue weighted by Crippen LogP contribution is -2.45. The Hall–Kier alpha value is -1.09. The first kappa shape index (κ1) is 13.3.